The van der Waals surface area contributed by atoms with Crippen molar-refractivity contribution >= 4 is 5.97 Å². The Hall–Kier alpha value is -0.950. The Balaban J connectivity index is 4.27. The second-order valence-corrected chi connectivity index (χ2v) is 5.12. The number of carbonyl (C=O) groups is 1. The average Bonchev–Trinajstić information content (AvgIpc) is 2.35. The molecule has 0 aromatic heterocycles. The molecule has 0 amide bonds. The van der Waals surface area contributed by atoms with Crippen molar-refractivity contribution in [1.29, 1.82) is 0 Å². The maximum absolute atomic E-state index is 11.4. The van der Waals surface area contributed by atoms with E-state index in [4.69, 9.17) is 15.2 Å². The van der Waals surface area contributed by atoms with Gasteiger partial charge in [0.15, 0.2) is 5.79 Å². The molecular formula is C14H27NO5. The van der Waals surface area contributed by atoms with Crippen molar-refractivity contribution in [2.75, 3.05) is 13.2 Å². The Morgan fingerprint density at radius 2 is 2.05 bits per heavy atom. The summed E-state index contributed by atoms with van der Waals surface area (Å²) in [6, 6.07) is 0. The molecule has 0 saturated heterocycles. The molecule has 20 heavy (non-hydrogen) atoms. The first-order valence-electron chi connectivity index (χ1n) is 6.84. The molecule has 4 N–H and O–H groups in total. The zero-order valence-corrected chi connectivity index (χ0v) is 12.6. The van der Waals surface area contributed by atoms with E-state index in [9.17, 15) is 15.0 Å². The lowest BCUT2D eigenvalue weighted by Gasteiger charge is -2.29. The summed E-state index contributed by atoms with van der Waals surface area (Å²) in [6.45, 7) is 8.72. The molecule has 0 fully saturated rings. The molecule has 118 valence electrons. The number of rotatable bonds is 10. The standard InChI is InChI=1S/C14H27NO5/c1-5-19-13(17)10(2)7-6-8-12(11(16)9-15)20-14(3,4)18/h11-12,16,18H,2,5-9,15H2,1,3-4H3/t11-,12+/m1/s1. The SMILES string of the molecule is C=C(CCC[C@H](OC(C)(C)O)[C@H](O)CN)C(=O)OCC. The largest absolute Gasteiger partial charge is 0.463 e. The summed E-state index contributed by atoms with van der Waals surface area (Å²) in [5, 5.41) is 19.4. The van der Waals surface area contributed by atoms with Gasteiger partial charge in [0, 0.05) is 12.1 Å². The maximum atomic E-state index is 11.4. The third-order valence-electron chi connectivity index (χ3n) is 2.64. The number of nitrogens with two attached hydrogens (primary N) is 1. The van der Waals surface area contributed by atoms with Crippen LogP contribution in [0.25, 0.3) is 0 Å². The Labute approximate surface area is 120 Å². The minimum Gasteiger partial charge on any atom is -0.463 e. The molecule has 0 aliphatic heterocycles. The van der Waals surface area contributed by atoms with Crippen LogP contribution in [0.5, 0.6) is 0 Å². The van der Waals surface area contributed by atoms with Gasteiger partial charge in [-0.05, 0) is 40.0 Å². The molecule has 0 aromatic rings. The number of aliphatic hydroxyl groups excluding tert-OH is 1. The van der Waals surface area contributed by atoms with E-state index in [1.165, 1.54) is 13.8 Å². The van der Waals surface area contributed by atoms with E-state index in [2.05, 4.69) is 6.58 Å². The van der Waals surface area contributed by atoms with Crippen molar-refractivity contribution in [2.45, 2.75) is 58.0 Å². The molecule has 0 heterocycles. The van der Waals surface area contributed by atoms with Crippen LogP contribution in [0, 0.1) is 0 Å². The molecule has 0 bridgehead atoms. The molecular weight excluding hydrogens is 262 g/mol. The van der Waals surface area contributed by atoms with E-state index in [-0.39, 0.29) is 6.54 Å². The Morgan fingerprint density at radius 3 is 2.50 bits per heavy atom. The van der Waals surface area contributed by atoms with Gasteiger partial charge >= 0.3 is 5.97 Å². The van der Waals surface area contributed by atoms with Crippen LogP contribution in [-0.2, 0) is 14.3 Å². The Kier molecular flexibility index (Phi) is 8.64. The normalized spacial score (nSPS) is 14.7. The Morgan fingerprint density at radius 1 is 1.45 bits per heavy atom. The number of ether oxygens (including phenoxy) is 2. The molecule has 0 saturated carbocycles. The number of aliphatic hydroxyl groups is 2. The lowest BCUT2D eigenvalue weighted by molar-refractivity contribution is -0.225. The minimum absolute atomic E-state index is 0.0412. The fourth-order valence-electron chi connectivity index (χ4n) is 1.70. The van der Waals surface area contributed by atoms with Crippen molar-refractivity contribution in [3.05, 3.63) is 12.2 Å². The summed E-state index contributed by atoms with van der Waals surface area (Å²) in [5.41, 5.74) is 5.79. The van der Waals surface area contributed by atoms with Gasteiger partial charge in [-0.1, -0.05) is 6.58 Å². The molecule has 0 spiro atoms. The molecule has 0 unspecified atom stereocenters. The lowest BCUT2D eigenvalue weighted by Crippen LogP contribution is -2.41. The van der Waals surface area contributed by atoms with Gasteiger partial charge in [-0.25, -0.2) is 4.79 Å². The number of hydrogen-bond donors (Lipinski definition) is 3. The van der Waals surface area contributed by atoms with Crippen LogP contribution in [0.4, 0.5) is 0 Å². The summed E-state index contributed by atoms with van der Waals surface area (Å²) in [4.78, 5) is 11.4. The quantitative estimate of drug-likeness (QED) is 0.311. The van der Waals surface area contributed by atoms with Gasteiger partial charge in [-0.15, -0.1) is 0 Å². The van der Waals surface area contributed by atoms with E-state index in [0.717, 1.165) is 0 Å². The first kappa shape index (κ1) is 19.1. The predicted molar refractivity (Wildman–Crippen MR) is 75.9 cm³/mol. The zero-order valence-electron chi connectivity index (χ0n) is 12.6. The fourth-order valence-corrected chi connectivity index (χ4v) is 1.70. The van der Waals surface area contributed by atoms with Crippen LogP contribution in [0.15, 0.2) is 12.2 Å². The first-order valence-corrected chi connectivity index (χ1v) is 6.84. The number of esters is 1. The van der Waals surface area contributed by atoms with E-state index in [1.807, 2.05) is 0 Å². The van der Waals surface area contributed by atoms with Gasteiger partial charge in [0.05, 0.1) is 18.8 Å². The van der Waals surface area contributed by atoms with Gasteiger partial charge in [0.2, 0.25) is 0 Å². The van der Waals surface area contributed by atoms with Gasteiger partial charge in [-0.2, -0.15) is 0 Å². The highest BCUT2D eigenvalue weighted by atomic mass is 16.6. The topological polar surface area (TPSA) is 102 Å². The van der Waals surface area contributed by atoms with Gasteiger partial charge in [-0.3, -0.25) is 0 Å². The van der Waals surface area contributed by atoms with Crippen molar-refractivity contribution < 1.29 is 24.5 Å². The van der Waals surface area contributed by atoms with E-state index < -0.39 is 24.0 Å². The second kappa shape index (κ2) is 9.07. The van der Waals surface area contributed by atoms with E-state index in [1.54, 1.807) is 6.92 Å². The number of hydrogen-bond acceptors (Lipinski definition) is 6. The second-order valence-electron chi connectivity index (χ2n) is 5.12. The molecule has 2 atom stereocenters. The van der Waals surface area contributed by atoms with Crippen molar-refractivity contribution in [1.82, 2.24) is 0 Å². The third kappa shape index (κ3) is 8.27. The lowest BCUT2D eigenvalue weighted by atomic mass is 10.0. The van der Waals surface area contributed by atoms with Gasteiger partial charge < -0.3 is 25.4 Å². The molecule has 6 heteroatoms. The van der Waals surface area contributed by atoms with Crippen LogP contribution in [0.1, 0.15) is 40.0 Å². The molecule has 0 rings (SSSR count). The number of carbonyl (C=O) groups excluding carboxylic acids is 1. The van der Waals surface area contributed by atoms with Gasteiger partial charge in [0.25, 0.3) is 0 Å². The highest BCUT2D eigenvalue weighted by molar-refractivity contribution is 5.87. The first-order chi connectivity index (χ1) is 9.21. The van der Waals surface area contributed by atoms with Crippen LogP contribution in [-0.4, -0.2) is 47.3 Å². The monoisotopic (exact) mass is 289 g/mol. The average molecular weight is 289 g/mol. The Bertz CT molecular complexity index is 311. The zero-order chi connectivity index (χ0) is 15.8. The summed E-state index contributed by atoms with van der Waals surface area (Å²) in [5.74, 6) is -1.76. The molecule has 6 nitrogen and oxygen atoms in total. The summed E-state index contributed by atoms with van der Waals surface area (Å²) >= 11 is 0. The van der Waals surface area contributed by atoms with Crippen molar-refractivity contribution in [3.63, 3.8) is 0 Å². The summed E-state index contributed by atoms with van der Waals surface area (Å²) in [7, 11) is 0. The predicted octanol–water partition coefficient (Wildman–Crippen LogP) is 0.709. The van der Waals surface area contributed by atoms with Crippen LogP contribution in [0.2, 0.25) is 0 Å². The van der Waals surface area contributed by atoms with Crippen LogP contribution in [0.3, 0.4) is 0 Å². The fraction of sp³-hybridized carbons (Fsp3) is 0.786. The van der Waals surface area contributed by atoms with Crippen LogP contribution < -0.4 is 5.73 Å². The van der Waals surface area contributed by atoms with Crippen molar-refractivity contribution in [3.8, 4) is 0 Å². The molecule has 0 aliphatic carbocycles. The molecule has 0 aromatic carbocycles. The highest BCUT2D eigenvalue weighted by Crippen LogP contribution is 2.18. The highest BCUT2D eigenvalue weighted by Gasteiger charge is 2.25. The van der Waals surface area contributed by atoms with Gasteiger partial charge in [0.1, 0.15) is 0 Å². The third-order valence-corrected chi connectivity index (χ3v) is 2.64. The van der Waals surface area contributed by atoms with E-state index >= 15 is 0 Å². The smallest absolute Gasteiger partial charge is 0.333 e. The van der Waals surface area contributed by atoms with Crippen molar-refractivity contribution in [2.24, 2.45) is 5.73 Å². The maximum Gasteiger partial charge on any atom is 0.333 e. The summed E-state index contributed by atoms with van der Waals surface area (Å²) < 4.78 is 10.2. The molecule has 0 aliphatic rings. The van der Waals surface area contributed by atoms with Crippen LogP contribution >= 0.6 is 0 Å². The van der Waals surface area contributed by atoms with E-state index in [0.29, 0.717) is 31.4 Å². The molecule has 0 radical (unpaired) electrons. The minimum atomic E-state index is -1.35. The summed E-state index contributed by atoms with van der Waals surface area (Å²) in [6.07, 6.45) is 0.0326.